The van der Waals surface area contributed by atoms with E-state index in [4.69, 9.17) is 0 Å². The van der Waals surface area contributed by atoms with Gasteiger partial charge in [-0.3, -0.25) is 4.79 Å². The van der Waals surface area contributed by atoms with Crippen LogP contribution < -0.4 is 10.6 Å². The molecule has 1 amide bonds. The summed E-state index contributed by atoms with van der Waals surface area (Å²) in [6.45, 7) is 3.60. The van der Waals surface area contributed by atoms with Gasteiger partial charge in [0.25, 0.3) is 5.91 Å². The van der Waals surface area contributed by atoms with Crippen LogP contribution in [0.4, 0.5) is 5.69 Å². The van der Waals surface area contributed by atoms with Crippen molar-refractivity contribution < 1.29 is 23.1 Å². The van der Waals surface area contributed by atoms with Gasteiger partial charge >= 0.3 is 5.97 Å². The van der Waals surface area contributed by atoms with Gasteiger partial charge in [0.1, 0.15) is 6.04 Å². The Kier molecular flexibility index (Phi) is 5.74. The quantitative estimate of drug-likeness (QED) is 0.642. The molecule has 1 aliphatic heterocycles. The molecule has 0 unspecified atom stereocenters. The fourth-order valence-electron chi connectivity index (χ4n) is 3.20. The van der Waals surface area contributed by atoms with E-state index in [1.54, 1.807) is 55.5 Å². The Hall–Kier alpha value is -3.13. The highest BCUT2D eigenvalue weighted by molar-refractivity contribution is 7.97. The molecule has 0 bridgehead atoms. The standard InChI is InChI=1S/C21H22N2O5S/c1-3-13(2)17(21(25)26)23-18-15-11-7-8-12-16(15)29(27,28)19(18)20(24)22-14-9-5-4-6-10-14/h4-13,17,23H,3H2,1-2H3,(H,22,24)(H,25,26)/t13-,17+/m1/s1. The van der Waals surface area contributed by atoms with Crippen molar-refractivity contribution in [1.29, 1.82) is 0 Å². The van der Waals surface area contributed by atoms with Crippen LogP contribution in [0.15, 0.2) is 64.4 Å². The summed E-state index contributed by atoms with van der Waals surface area (Å²) in [5.41, 5.74) is 0.745. The van der Waals surface area contributed by atoms with Gasteiger partial charge in [-0.1, -0.05) is 56.7 Å². The number of anilines is 1. The predicted octanol–water partition coefficient (Wildman–Crippen LogP) is 2.87. The number of nitrogens with one attached hydrogen (secondary N) is 2. The van der Waals surface area contributed by atoms with Gasteiger partial charge in [0.2, 0.25) is 9.84 Å². The molecule has 0 saturated heterocycles. The minimum Gasteiger partial charge on any atom is -0.480 e. The molecule has 8 heteroatoms. The predicted molar refractivity (Wildman–Crippen MR) is 110 cm³/mol. The third kappa shape index (κ3) is 3.88. The first-order chi connectivity index (χ1) is 13.8. The second-order valence-corrected chi connectivity index (χ2v) is 8.72. The zero-order valence-electron chi connectivity index (χ0n) is 16.0. The molecule has 3 rings (SSSR count). The fourth-order valence-corrected chi connectivity index (χ4v) is 4.87. The van der Waals surface area contributed by atoms with E-state index in [0.717, 1.165) is 0 Å². The van der Waals surface area contributed by atoms with E-state index in [9.17, 15) is 23.1 Å². The molecular weight excluding hydrogens is 392 g/mol. The summed E-state index contributed by atoms with van der Waals surface area (Å²) < 4.78 is 26.2. The summed E-state index contributed by atoms with van der Waals surface area (Å²) in [7, 11) is -4.11. The van der Waals surface area contributed by atoms with Crippen LogP contribution >= 0.6 is 0 Å². The Balaban J connectivity index is 2.12. The van der Waals surface area contributed by atoms with E-state index in [1.807, 2.05) is 6.92 Å². The lowest BCUT2D eigenvalue weighted by atomic mass is 9.98. The lowest BCUT2D eigenvalue weighted by molar-refractivity contribution is -0.140. The van der Waals surface area contributed by atoms with Gasteiger partial charge in [-0.05, 0) is 24.1 Å². The fraction of sp³-hybridized carbons (Fsp3) is 0.238. The van der Waals surface area contributed by atoms with Gasteiger partial charge in [-0.2, -0.15) is 0 Å². The summed E-state index contributed by atoms with van der Waals surface area (Å²) in [5, 5.41) is 15.1. The normalized spacial score (nSPS) is 16.6. The molecule has 2 aromatic carbocycles. The number of benzene rings is 2. The number of amides is 1. The summed E-state index contributed by atoms with van der Waals surface area (Å²) in [6, 6.07) is 13.6. The third-order valence-electron chi connectivity index (χ3n) is 4.96. The topological polar surface area (TPSA) is 113 Å². The Morgan fingerprint density at radius 2 is 1.66 bits per heavy atom. The maximum Gasteiger partial charge on any atom is 0.326 e. The van der Waals surface area contributed by atoms with Gasteiger partial charge in [0, 0.05) is 11.3 Å². The Morgan fingerprint density at radius 3 is 2.28 bits per heavy atom. The monoisotopic (exact) mass is 414 g/mol. The molecule has 1 aliphatic rings. The number of para-hydroxylation sites is 1. The van der Waals surface area contributed by atoms with Crippen molar-refractivity contribution in [3.63, 3.8) is 0 Å². The summed E-state index contributed by atoms with van der Waals surface area (Å²) in [6.07, 6.45) is 0.567. The average Bonchev–Trinajstić information content (AvgIpc) is 2.93. The lowest BCUT2D eigenvalue weighted by Crippen LogP contribution is -2.41. The van der Waals surface area contributed by atoms with Crippen molar-refractivity contribution in [2.24, 2.45) is 5.92 Å². The van der Waals surface area contributed by atoms with Crippen molar-refractivity contribution >= 4 is 33.1 Å². The molecule has 0 fully saturated rings. The first-order valence-electron chi connectivity index (χ1n) is 9.21. The maximum absolute atomic E-state index is 13.1. The van der Waals surface area contributed by atoms with Crippen LogP contribution in [-0.2, 0) is 19.4 Å². The van der Waals surface area contributed by atoms with Crippen LogP contribution in [0.2, 0.25) is 0 Å². The van der Waals surface area contributed by atoms with Crippen molar-refractivity contribution in [2.75, 3.05) is 5.32 Å². The number of aliphatic carboxylic acids is 1. The first kappa shape index (κ1) is 20.6. The Bertz CT molecular complexity index is 1080. The zero-order valence-corrected chi connectivity index (χ0v) is 16.9. The second kappa shape index (κ2) is 8.08. The highest BCUT2D eigenvalue weighted by Crippen LogP contribution is 2.38. The number of carbonyl (C=O) groups excluding carboxylic acids is 1. The molecule has 3 N–H and O–H groups in total. The van der Waals surface area contributed by atoms with Crippen LogP contribution in [0.3, 0.4) is 0 Å². The SMILES string of the molecule is CC[C@@H](C)[C@H](NC1=C(C(=O)Nc2ccccc2)S(=O)(=O)c2ccccc21)C(=O)O. The van der Waals surface area contributed by atoms with Crippen molar-refractivity contribution in [3.05, 3.63) is 65.1 Å². The maximum atomic E-state index is 13.1. The van der Waals surface area contributed by atoms with Crippen LogP contribution in [-0.4, -0.2) is 31.4 Å². The van der Waals surface area contributed by atoms with E-state index in [1.165, 1.54) is 6.07 Å². The number of hydrogen-bond acceptors (Lipinski definition) is 5. The molecule has 2 aromatic rings. The average molecular weight is 414 g/mol. The third-order valence-corrected chi connectivity index (χ3v) is 6.82. The van der Waals surface area contributed by atoms with Crippen molar-refractivity contribution in [1.82, 2.24) is 5.32 Å². The molecule has 0 saturated carbocycles. The Morgan fingerprint density at radius 1 is 1.03 bits per heavy atom. The van der Waals surface area contributed by atoms with Crippen LogP contribution in [0.1, 0.15) is 25.8 Å². The van der Waals surface area contributed by atoms with Gasteiger partial charge in [0.15, 0.2) is 4.91 Å². The largest absolute Gasteiger partial charge is 0.480 e. The molecule has 0 aromatic heterocycles. The molecule has 152 valence electrons. The number of fused-ring (bicyclic) bond motifs is 1. The van der Waals surface area contributed by atoms with E-state index in [-0.39, 0.29) is 16.5 Å². The van der Waals surface area contributed by atoms with E-state index >= 15 is 0 Å². The first-order valence-corrected chi connectivity index (χ1v) is 10.7. The summed E-state index contributed by atoms with van der Waals surface area (Å²) >= 11 is 0. The van der Waals surface area contributed by atoms with Crippen LogP contribution in [0.5, 0.6) is 0 Å². The van der Waals surface area contributed by atoms with E-state index in [0.29, 0.717) is 17.7 Å². The number of carboxylic acids is 1. The van der Waals surface area contributed by atoms with Crippen LogP contribution in [0.25, 0.3) is 5.70 Å². The molecule has 29 heavy (non-hydrogen) atoms. The summed E-state index contributed by atoms with van der Waals surface area (Å²) in [4.78, 5) is 24.3. The highest BCUT2D eigenvalue weighted by Gasteiger charge is 2.41. The van der Waals surface area contributed by atoms with Gasteiger partial charge in [-0.15, -0.1) is 0 Å². The number of carbonyl (C=O) groups is 2. The molecule has 1 heterocycles. The number of hydrogen-bond donors (Lipinski definition) is 3. The lowest BCUT2D eigenvalue weighted by Gasteiger charge is -2.22. The van der Waals surface area contributed by atoms with Gasteiger partial charge < -0.3 is 15.7 Å². The van der Waals surface area contributed by atoms with Crippen LogP contribution in [0, 0.1) is 5.92 Å². The Labute approximate surface area is 169 Å². The van der Waals surface area contributed by atoms with Gasteiger partial charge in [0.05, 0.1) is 10.6 Å². The smallest absolute Gasteiger partial charge is 0.326 e. The zero-order chi connectivity index (χ0) is 21.2. The molecule has 0 aliphatic carbocycles. The summed E-state index contributed by atoms with van der Waals surface area (Å²) in [5.74, 6) is -2.21. The number of sulfone groups is 1. The number of carboxylic acid groups (broad SMARTS) is 1. The molecular formula is C21H22N2O5S. The van der Waals surface area contributed by atoms with Crippen molar-refractivity contribution in [2.45, 2.75) is 31.2 Å². The molecule has 7 nitrogen and oxygen atoms in total. The minimum atomic E-state index is -4.11. The van der Waals surface area contributed by atoms with Gasteiger partial charge in [-0.25, -0.2) is 13.2 Å². The molecule has 2 atom stereocenters. The van der Waals surface area contributed by atoms with E-state index < -0.39 is 32.7 Å². The molecule has 0 radical (unpaired) electrons. The number of rotatable bonds is 7. The molecule has 0 spiro atoms. The van der Waals surface area contributed by atoms with Crippen molar-refractivity contribution in [3.8, 4) is 0 Å². The minimum absolute atomic E-state index is 0.0155. The second-order valence-electron chi connectivity index (χ2n) is 6.87. The highest BCUT2D eigenvalue weighted by atomic mass is 32.2. The van der Waals surface area contributed by atoms with E-state index in [2.05, 4.69) is 10.6 Å².